The van der Waals surface area contributed by atoms with Gasteiger partial charge in [-0.25, -0.2) is 4.39 Å². The zero-order chi connectivity index (χ0) is 12.5. The van der Waals surface area contributed by atoms with Crippen LogP contribution in [0.3, 0.4) is 0 Å². The van der Waals surface area contributed by atoms with Crippen LogP contribution in [0.1, 0.15) is 12.1 Å². The molecule has 1 aliphatic heterocycles. The summed E-state index contributed by atoms with van der Waals surface area (Å²) in [5.74, 6) is 0.234. The maximum atomic E-state index is 13.3. The van der Waals surface area contributed by atoms with E-state index < -0.39 is 0 Å². The van der Waals surface area contributed by atoms with Gasteiger partial charge in [-0.1, -0.05) is 0 Å². The fraction of sp³-hybridized carbons (Fsp3) is 0.462. The lowest BCUT2D eigenvalue weighted by Gasteiger charge is -2.30. The molecule has 96 valence electrons. The number of nitrogens with zero attached hydrogens (tertiary/aromatic N) is 2. The van der Waals surface area contributed by atoms with Gasteiger partial charge in [0.05, 0.1) is 18.0 Å². The van der Waals surface area contributed by atoms with E-state index in [9.17, 15) is 4.39 Å². The van der Waals surface area contributed by atoms with Crippen molar-refractivity contribution in [2.24, 2.45) is 0 Å². The quantitative estimate of drug-likeness (QED) is 0.900. The SMILES string of the molecule is COc1cc(F)cc2n[nH]c(CCN3CCC3)c12. The van der Waals surface area contributed by atoms with E-state index in [0.717, 1.165) is 24.0 Å². The number of likely N-dealkylation sites (tertiary alicyclic amines) is 1. The van der Waals surface area contributed by atoms with Crippen molar-refractivity contribution in [1.82, 2.24) is 15.1 Å². The molecule has 2 aromatic rings. The number of aromatic nitrogens is 2. The van der Waals surface area contributed by atoms with Gasteiger partial charge in [0, 0.05) is 30.8 Å². The van der Waals surface area contributed by atoms with Gasteiger partial charge >= 0.3 is 0 Å². The maximum Gasteiger partial charge on any atom is 0.133 e. The summed E-state index contributed by atoms with van der Waals surface area (Å²) in [5, 5.41) is 8.04. The molecular weight excluding hydrogens is 233 g/mol. The lowest BCUT2D eigenvalue weighted by molar-refractivity contribution is 0.183. The maximum absolute atomic E-state index is 13.3. The fourth-order valence-corrected chi connectivity index (χ4v) is 2.36. The van der Waals surface area contributed by atoms with E-state index in [1.54, 1.807) is 7.11 Å². The molecule has 0 amide bonds. The number of benzene rings is 1. The molecule has 0 atom stereocenters. The number of hydrogen-bond acceptors (Lipinski definition) is 3. The van der Waals surface area contributed by atoms with Crippen molar-refractivity contribution < 1.29 is 9.13 Å². The molecule has 0 saturated carbocycles. The van der Waals surface area contributed by atoms with Crippen molar-refractivity contribution in [2.45, 2.75) is 12.8 Å². The van der Waals surface area contributed by atoms with E-state index >= 15 is 0 Å². The topological polar surface area (TPSA) is 41.1 Å². The Balaban J connectivity index is 1.91. The molecule has 1 saturated heterocycles. The molecule has 1 aliphatic rings. The molecule has 2 heterocycles. The van der Waals surface area contributed by atoms with Crippen LogP contribution in [0.25, 0.3) is 10.9 Å². The average molecular weight is 249 g/mol. The highest BCUT2D eigenvalue weighted by Crippen LogP contribution is 2.29. The second-order valence-corrected chi connectivity index (χ2v) is 4.65. The summed E-state index contributed by atoms with van der Waals surface area (Å²) in [5.41, 5.74) is 1.65. The van der Waals surface area contributed by atoms with Crippen molar-refractivity contribution >= 4 is 10.9 Å². The largest absolute Gasteiger partial charge is 0.496 e. The fourth-order valence-electron chi connectivity index (χ4n) is 2.36. The molecule has 1 aromatic carbocycles. The highest BCUT2D eigenvalue weighted by molar-refractivity contribution is 5.87. The second kappa shape index (κ2) is 4.57. The van der Waals surface area contributed by atoms with Gasteiger partial charge in [-0.15, -0.1) is 0 Å². The van der Waals surface area contributed by atoms with Crippen molar-refractivity contribution in [1.29, 1.82) is 0 Å². The Morgan fingerprint density at radius 2 is 2.28 bits per heavy atom. The summed E-state index contributed by atoms with van der Waals surface area (Å²) in [4.78, 5) is 2.39. The van der Waals surface area contributed by atoms with Crippen LogP contribution in [0, 0.1) is 5.82 Å². The van der Waals surface area contributed by atoms with Crippen molar-refractivity contribution in [3.63, 3.8) is 0 Å². The standard InChI is InChI=1S/C13H16FN3O/c1-18-12-8-9(14)7-11-13(12)10(15-16-11)3-6-17-4-2-5-17/h7-8H,2-6H2,1H3,(H,15,16). The van der Waals surface area contributed by atoms with E-state index in [1.807, 2.05) is 0 Å². The van der Waals surface area contributed by atoms with Crippen LogP contribution in [-0.2, 0) is 6.42 Å². The number of halogens is 1. The number of H-pyrrole nitrogens is 1. The smallest absolute Gasteiger partial charge is 0.133 e. The van der Waals surface area contributed by atoms with Crippen LogP contribution in [0.15, 0.2) is 12.1 Å². The van der Waals surface area contributed by atoms with Crippen LogP contribution in [0.5, 0.6) is 5.75 Å². The monoisotopic (exact) mass is 249 g/mol. The number of nitrogens with one attached hydrogen (secondary N) is 1. The molecule has 1 N–H and O–H groups in total. The Kier molecular flexibility index (Phi) is 2.91. The van der Waals surface area contributed by atoms with Crippen LogP contribution in [0.2, 0.25) is 0 Å². The lowest BCUT2D eigenvalue weighted by atomic mass is 10.1. The Hall–Kier alpha value is -1.62. The molecule has 1 fully saturated rings. The number of aromatic amines is 1. The molecule has 0 unspecified atom stereocenters. The minimum atomic E-state index is -0.319. The van der Waals surface area contributed by atoms with E-state index in [0.29, 0.717) is 11.3 Å². The Bertz CT molecular complexity index is 563. The van der Waals surface area contributed by atoms with Gasteiger partial charge in [-0.05, 0) is 19.5 Å². The number of rotatable bonds is 4. The van der Waals surface area contributed by atoms with E-state index in [4.69, 9.17) is 4.74 Å². The third-order valence-electron chi connectivity index (χ3n) is 3.51. The molecule has 4 nitrogen and oxygen atoms in total. The molecule has 0 spiro atoms. The van der Waals surface area contributed by atoms with Gasteiger partial charge in [0.25, 0.3) is 0 Å². The van der Waals surface area contributed by atoms with Crippen LogP contribution >= 0.6 is 0 Å². The molecule has 0 aliphatic carbocycles. The number of hydrogen-bond donors (Lipinski definition) is 1. The highest BCUT2D eigenvalue weighted by atomic mass is 19.1. The van der Waals surface area contributed by atoms with Gasteiger partial charge in [0.1, 0.15) is 11.6 Å². The Morgan fingerprint density at radius 1 is 1.44 bits per heavy atom. The third-order valence-corrected chi connectivity index (χ3v) is 3.51. The summed E-state index contributed by atoms with van der Waals surface area (Å²) in [6.07, 6.45) is 2.18. The zero-order valence-electron chi connectivity index (χ0n) is 10.4. The molecule has 0 radical (unpaired) electrons. The van der Waals surface area contributed by atoms with Gasteiger partial charge in [-0.2, -0.15) is 5.10 Å². The number of ether oxygens (including phenoxy) is 1. The number of fused-ring (bicyclic) bond motifs is 1. The summed E-state index contributed by atoms with van der Waals surface area (Å²) in [7, 11) is 1.56. The van der Waals surface area contributed by atoms with Crippen LogP contribution < -0.4 is 4.74 Å². The highest BCUT2D eigenvalue weighted by Gasteiger charge is 2.16. The minimum Gasteiger partial charge on any atom is -0.496 e. The molecular formula is C13H16FN3O. The molecule has 5 heteroatoms. The summed E-state index contributed by atoms with van der Waals surface area (Å²) in [6.45, 7) is 3.37. The van der Waals surface area contributed by atoms with E-state index in [-0.39, 0.29) is 5.82 Å². The van der Waals surface area contributed by atoms with Gasteiger partial charge in [0.15, 0.2) is 0 Å². The Labute approximate surface area is 105 Å². The molecule has 3 rings (SSSR count). The van der Waals surface area contributed by atoms with Gasteiger partial charge in [0.2, 0.25) is 0 Å². The first kappa shape index (κ1) is 11.5. The minimum absolute atomic E-state index is 0.319. The van der Waals surface area contributed by atoms with Crippen molar-refractivity contribution in [3.05, 3.63) is 23.6 Å². The molecule has 1 aromatic heterocycles. The first-order valence-corrected chi connectivity index (χ1v) is 6.21. The molecule has 0 bridgehead atoms. The predicted octanol–water partition coefficient (Wildman–Crippen LogP) is 1.96. The number of methoxy groups -OCH3 is 1. The second-order valence-electron chi connectivity index (χ2n) is 4.65. The van der Waals surface area contributed by atoms with E-state index in [1.165, 1.54) is 31.6 Å². The average Bonchev–Trinajstić information content (AvgIpc) is 2.69. The van der Waals surface area contributed by atoms with Crippen molar-refractivity contribution in [2.75, 3.05) is 26.7 Å². The van der Waals surface area contributed by atoms with Crippen LogP contribution in [-0.4, -0.2) is 41.8 Å². The molecule has 18 heavy (non-hydrogen) atoms. The first-order valence-electron chi connectivity index (χ1n) is 6.21. The first-order chi connectivity index (χ1) is 8.78. The van der Waals surface area contributed by atoms with Gasteiger partial charge < -0.3 is 9.64 Å². The predicted molar refractivity (Wildman–Crippen MR) is 67.4 cm³/mol. The zero-order valence-corrected chi connectivity index (χ0v) is 10.4. The summed E-state index contributed by atoms with van der Waals surface area (Å²) < 4.78 is 18.6. The summed E-state index contributed by atoms with van der Waals surface area (Å²) >= 11 is 0. The Morgan fingerprint density at radius 3 is 2.94 bits per heavy atom. The lowest BCUT2D eigenvalue weighted by Crippen LogP contribution is -2.38. The van der Waals surface area contributed by atoms with Crippen LogP contribution in [0.4, 0.5) is 4.39 Å². The van der Waals surface area contributed by atoms with E-state index in [2.05, 4.69) is 15.1 Å². The van der Waals surface area contributed by atoms with Crippen molar-refractivity contribution in [3.8, 4) is 5.75 Å². The van der Waals surface area contributed by atoms with Gasteiger partial charge in [-0.3, -0.25) is 5.10 Å². The summed E-state index contributed by atoms with van der Waals surface area (Å²) in [6, 6.07) is 2.84. The normalized spacial score (nSPS) is 15.9. The third kappa shape index (κ3) is 1.95.